The van der Waals surface area contributed by atoms with Crippen LogP contribution in [0.4, 0.5) is 0 Å². The van der Waals surface area contributed by atoms with Crippen molar-refractivity contribution in [3.05, 3.63) is 34.9 Å². The number of aldehydes is 1. The van der Waals surface area contributed by atoms with E-state index in [1.807, 2.05) is 24.3 Å². The molecule has 1 aliphatic carbocycles. The molecule has 0 saturated heterocycles. The maximum absolute atomic E-state index is 10.6. The van der Waals surface area contributed by atoms with Crippen LogP contribution in [0.15, 0.2) is 24.3 Å². The minimum absolute atomic E-state index is 0.170. The molecule has 1 saturated carbocycles. The van der Waals surface area contributed by atoms with Gasteiger partial charge in [-0.2, -0.15) is 0 Å². The first-order valence-electron chi connectivity index (χ1n) is 4.06. The normalized spacial score (nSPS) is 31.4. The fourth-order valence-electron chi connectivity index (χ4n) is 1.47. The van der Waals surface area contributed by atoms with Gasteiger partial charge in [-0.25, -0.2) is 0 Å². The molecule has 0 N–H and O–H groups in total. The number of hydrogen-bond acceptors (Lipinski definition) is 1. The van der Waals surface area contributed by atoms with Gasteiger partial charge < -0.3 is 4.79 Å². The Labute approximate surface area is 86.7 Å². The first kappa shape index (κ1) is 9.04. The van der Waals surface area contributed by atoms with Crippen LogP contribution in [0.3, 0.4) is 0 Å². The molecular weight excluding hydrogens is 207 g/mol. The van der Waals surface area contributed by atoms with E-state index in [-0.39, 0.29) is 5.92 Å². The molecular formula is C10H8Cl2O. The molecule has 1 fully saturated rings. The first-order valence-corrected chi connectivity index (χ1v) is 4.82. The van der Waals surface area contributed by atoms with Gasteiger partial charge in [0.15, 0.2) is 0 Å². The number of hydrogen-bond donors (Lipinski definition) is 0. The van der Waals surface area contributed by atoms with Crippen LogP contribution in [0.1, 0.15) is 17.9 Å². The average molecular weight is 215 g/mol. The Morgan fingerprint density at radius 3 is 2.46 bits per heavy atom. The summed E-state index contributed by atoms with van der Waals surface area (Å²) in [5.41, 5.74) is 1.09. The maximum atomic E-state index is 10.6. The number of halogens is 2. The van der Waals surface area contributed by atoms with Crippen LogP contribution in [-0.2, 0) is 4.79 Å². The van der Waals surface area contributed by atoms with E-state index in [4.69, 9.17) is 23.2 Å². The van der Waals surface area contributed by atoms with Crippen molar-refractivity contribution in [2.45, 2.75) is 17.2 Å². The van der Waals surface area contributed by atoms with E-state index in [2.05, 4.69) is 0 Å². The van der Waals surface area contributed by atoms with Gasteiger partial charge in [-0.15, -0.1) is 11.6 Å². The molecule has 0 heterocycles. The molecule has 0 spiro atoms. The van der Waals surface area contributed by atoms with Crippen molar-refractivity contribution < 1.29 is 4.79 Å². The predicted molar refractivity (Wildman–Crippen MR) is 53.5 cm³/mol. The third-order valence-electron chi connectivity index (χ3n) is 2.40. The average Bonchev–Trinajstić information content (AvgIpc) is 2.81. The molecule has 1 nitrogen and oxygen atoms in total. The van der Waals surface area contributed by atoms with Crippen molar-refractivity contribution in [3.63, 3.8) is 0 Å². The molecule has 0 radical (unpaired) electrons. The molecule has 0 unspecified atom stereocenters. The lowest BCUT2D eigenvalue weighted by Crippen LogP contribution is -2.02. The molecule has 0 bridgehead atoms. The summed E-state index contributed by atoms with van der Waals surface area (Å²) in [5, 5.41) is 0.704. The summed E-state index contributed by atoms with van der Waals surface area (Å²) < 4.78 is 0. The Morgan fingerprint density at radius 2 is 2.00 bits per heavy atom. The summed E-state index contributed by atoms with van der Waals surface area (Å²) >= 11 is 11.7. The zero-order valence-electron chi connectivity index (χ0n) is 6.84. The highest BCUT2D eigenvalue weighted by Crippen LogP contribution is 2.55. The first-order chi connectivity index (χ1) is 6.15. The van der Waals surface area contributed by atoms with Gasteiger partial charge in [0.25, 0.3) is 0 Å². The lowest BCUT2D eigenvalue weighted by Gasteiger charge is -2.00. The molecule has 68 valence electrons. The van der Waals surface area contributed by atoms with E-state index in [1.54, 1.807) is 0 Å². The van der Waals surface area contributed by atoms with Crippen molar-refractivity contribution >= 4 is 29.5 Å². The lowest BCUT2D eigenvalue weighted by atomic mass is 10.1. The maximum Gasteiger partial charge on any atom is 0.141 e. The number of carbonyl (C=O) groups is 1. The molecule has 13 heavy (non-hydrogen) atoms. The summed E-state index contributed by atoms with van der Waals surface area (Å²) in [6.07, 6.45) is 1.56. The predicted octanol–water partition coefficient (Wildman–Crippen LogP) is 3.00. The van der Waals surface area contributed by atoms with Crippen LogP contribution >= 0.6 is 23.2 Å². The van der Waals surface area contributed by atoms with Gasteiger partial charge in [-0.1, -0.05) is 23.7 Å². The van der Waals surface area contributed by atoms with E-state index in [0.717, 1.165) is 18.3 Å². The van der Waals surface area contributed by atoms with Gasteiger partial charge in [0.1, 0.15) is 11.2 Å². The second kappa shape index (κ2) is 3.00. The van der Waals surface area contributed by atoms with Crippen LogP contribution < -0.4 is 0 Å². The molecule has 0 amide bonds. The van der Waals surface area contributed by atoms with Gasteiger partial charge in [0, 0.05) is 10.9 Å². The summed E-state index contributed by atoms with van der Waals surface area (Å²) in [6.45, 7) is 0. The van der Waals surface area contributed by atoms with Crippen LogP contribution in [-0.4, -0.2) is 11.2 Å². The topological polar surface area (TPSA) is 17.1 Å². The van der Waals surface area contributed by atoms with E-state index in [9.17, 15) is 4.79 Å². The van der Waals surface area contributed by atoms with Crippen molar-refractivity contribution in [2.75, 3.05) is 0 Å². The fourth-order valence-corrected chi connectivity index (χ4v) is 1.88. The number of rotatable bonds is 2. The Bertz CT molecular complexity index is 333. The van der Waals surface area contributed by atoms with Gasteiger partial charge in [0.2, 0.25) is 0 Å². The summed E-state index contributed by atoms with van der Waals surface area (Å²) in [5.74, 6) is 0.170. The highest BCUT2D eigenvalue weighted by molar-refractivity contribution is 6.35. The van der Waals surface area contributed by atoms with Gasteiger partial charge in [-0.3, -0.25) is 0 Å². The molecule has 0 aliphatic heterocycles. The second-order valence-corrected chi connectivity index (χ2v) is 4.49. The quantitative estimate of drug-likeness (QED) is 0.547. The minimum Gasteiger partial charge on any atom is -0.301 e. The van der Waals surface area contributed by atoms with Crippen LogP contribution in [0, 0.1) is 0 Å². The SMILES string of the molecule is O=C[C@@]1(Cl)C[C@@H]1c1ccc(Cl)cc1. The monoisotopic (exact) mass is 214 g/mol. The third-order valence-corrected chi connectivity index (χ3v) is 3.16. The third kappa shape index (κ3) is 1.59. The standard InChI is InChI=1S/C10H8Cl2O/c11-8-3-1-7(2-4-8)9-5-10(9,12)6-13/h1-4,6,9H,5H2/t9-,10+/m1/s1. The lowest BCUT2D eigenvalue weighted by molar-refractivity contribution is -0.108. The molecule has 3 heteroatoms. The fraction of sp³-hybridized carbons (Fsp3) is 0.300. The zero-order chi connectivity index (χ0) is 9.47. The number of benzene rings is 1. The number of carbonyl (C=O) groups excluding carboxylic acids is 1. The Balaban J connectivity index is 2.21. The summed E-state index contributed by atoms with van der Waals surface area (Å²) in [6, 6.07) is 7.47. The minimum atomic E-state index is -0.645. The van der Waals surface area contributed by atoms with Gasteiger partial charge >= 0.3 is 0 Å². The smallest absolute Gasteiger partial charge is 0.141 e. The summed E-state index contributed by atoms with van der Waals surface area (Å²) in [4.78, 5) is 9.94. The van der Waals surface area contributed by atoms with Gasteiger partial charge in [-0.05, 0) is 24.1 Å². The van der Waals surface area contributed by atoms with Crippen molar-refractivity contribution in [2.24, 2.45) is 0 Å². The molecule has 1 aliphatic rings. The van der Waals surface area contributed by atoms with E-state index in [0.29, 0.717) is 5.02 Å². The molecule has 2 atom stereocenters. The number of alkyl halides is 1. The Hall–Kier alpha value is -0.530. The summed E-state index contributed by atoms with van der Waals surface area (Å²) in [7, 11) is 0. The van der Waals surface area contributed by atoms with E-state index < -0.39 is 4.87 Å². The van der Waals surface area contributed by atoms with Crippen LogP contribution in [0.25, 0.3) is 0 Å². The zero-order valence-corrected chi connectivity index (χ0v) is 8.35. The highest BCUT2D eigenvalue weighted by atomic mass is 35.5. The van der Waals surface area contributed by atoms with Crippen molar-refractivity contribution in [3.8, 4) is 0 Å². The Kier molecular flexibility index (Phi) is 2.09. The second-order valence-electron chi connectivity index (χ2n) is 3.35. The van der Waals surface area contributed by atoms with Crippen LogP contribution in [0.2, 0.25) is 5.02 Å². The van der Waals surface area contributed by atoms with Crippen molar-refractivity contribution in [1.29, 1.82) is 0 Å². The molecule has 1 aromatic rings. The van der Waals surface area contributed by atoms with Crippen LogP contribution in [0.5, 0.6) is 0 Å². The molecule has 1 aromatic carbocycles. The Morgan fingerprint density at radius 1 is 1.38 bits per heavy atom. The highest BCUT2D eigenvalue weighted by Gasteiger charge is 2.53. The molecule has 2 rings (SSSR count). The van der Waals surface area contributed by atoms with E-state index >= 15 is 0 Å². The molecule has 0 aromatic heterocycles. The van der Waals surface area contributed by atoms with Gasteiger partial charge in [0.05, 0.1) is 0 Å². The largest absolute Gasteiger partial charge is 0.301 e. The van der Waals surface area contributed by atoms with E-state index in [1.165, 1.54) is 0 Å². The van der Waals surface area contributed by atoms with Crippen molar-refractivity contribution in [1.82, 2.24) is 0 Å².